The molecule has 0 saturated carbocycles. The lowest BCUT2D eigenvalue weighted by atomic mass is 10.2. The minimum atomic E-state index is -0.193. The molecule has 0 atom stereocenters. The van der Waals surface area contributed by atoms with Crippen LogP contribution >= 0.6 is 0 Å². The highest BCUT2D eigenvalue weighted by molar-refractivity contribution is 6.04. The van der Waals surface area contributed by atoms with Gasteiger partial charge in [-0.05, 0) is 38.0 Å². The van der Waals surface area contributed by atoms with Crippen molar-refractivity contribution in [3.8, 4) is 0 Å². The van der Waals surface area contributed by atoms with E-state index >= 15 is 0 Å². The number of hydrogen-bond donors (Lipinski definition) is 2. The molecule has 0 saturated heterocycles. The van der Waals surface area contributed by atoms with Gasteiger partial charge in [0.2, 0.25) is 0 Å². The summed E-state index contributed by atoms with van der Waals surface area (Å²) in [5.41, 5.74) is 3.39. The third kappa shape index (κ3) is 3.87. The normalized spacial score (nSPS) is 13.7. The number of pyridine rings is 1. The Bertz CT molecular complexity index is 1060. The van der Waals surface area contributed by atoms with Gasteiger partial charge in [0.1, 0.15) is 17.0 Å². The van der Waals surface area contributed by atoms with E-state index < -0.39 is 0 Å². The van der Waals surface area contributed by atoms with E-state index in [1.165, 1.54) is 6.42 Å². The molecule has 0 bridgehead atoms. The molecule has 8 nitrogen and oxygen atoms in total. The molecular weight excluding hydrogens is 368 g/mol. The first-order valence-electron chi connectivity index (χ1n) is 10.1. The molecule has 0 aromatic carbocycles. The molecule has 3 aromatic rings. The van der Waals surface area contributed by atoms with Crippen molar-refractivity contribution in [2.45, 2.75) is 39.2 Å². The van der Waals surface area contributed by atoms with Crippen LogP contribution in [-0.2, 0) is 20.0 Å². The number of hydrogen-bond acceptors (Lipinski definition) is 4. The SMILES string of the molecule is Cc1cc(C(=O)NCCNC(=O)c2cccn2C)c2nc3n(c2n1)CCCCC3. The van der Waals surface area contributed by atoms with Crippen LogP contribution in [0.1, 0.15) is 51.6 Å². The van der Waals surface area contributed by atoms with Crippen molar-refractivity contribution in [3.63, 3.8) is 0 Å². The molecular formula is C21H26N6O2. The number of carbonyl (C=O) groups excluding carboxylic acids is 2. The van der Waals surface area contributed by atoms with E-state index in [9.17, 15) is 9.59 Å². The topological polar surface area (TPSA) is 93.8 Å². The van der Waals surface area contributed by atoms with E-state index in [1.54, 1.807) is 16.7 Å². The van der Waals surface area contributed by atoms with Gasteiger partial charge in [0.05, 0.1) is 5.56 Å². The highest BCUT2D eigenvalue weighted by atomic mass is 16.2. The number of aromatic nitrogens is 4. The van der Waals surface area contributed by atoms with Crippen LogP contribution in [0.4, 0.5) is 0 Å². The van der Waals surface area contributed by atoms with Crippen LogP contribution in [0.2, 0.25) is 0 Å². The second-order valence-corrected chi connectivity index (χ2v) is 7.49. The average Bonchev–Trinajstić information content (AvgIpc) is 3.19. The molecule has 4 heterocycles. The lowest BCUT2D eigenvalue weighted by molar-refractivity contribution is 0.0924. The molecule has 8 heteroatoms. The first-order chi connectivity index (χ1) is 14.0. The summed E-state index contributed by atoms with van der Waals surface area (Å²) in [7, 11) is 1.82. The van der Waals surface area contributed by atoms with E-state index in [0.29, 0.717) is 29.9 Å². The summed E-state index contributed by atoms with van der Waals surface area (Å²) < 4.78 is 3.92. The fraction of sp³-hybridized carbons (Fsp3) is 0.429. The molecule has 4 rings (SSSR count). The fourth-order valence-corrected chi connectivity index (χ4v) is 3.82. The van der Waals surface area contributed by atoms with Gasteiger partial charge in [-0.2, -0.15) is 0 Å². The first kappa shape index (κ1) is 19.2. The zero-order valence-corrected chi connectivity index (χ0v) is 16.9. The Morgan fingerprint density at radius 1 is 1.10 bits per heavy atom. The Morgan fingerprint density at radius 2 is 1.90 bits per heavy atom. The van der Waals surface area contributed by atoms with Crippen molar-refractivity contribution in [2.75, 3.05) is 13.1 Å². The maximum atomic E-state index is 12.8. The molecule has 0 spiro atoms. The van der Waals surface area contributed by atoms with Crippen LogP contribution in [0.5, 0.6) is 0 Å². The van der Waals surface area contributed by atoms with Crippen LogP contribution in [0.15, 0.2) is 24.4 Å². The van der Waals surface area contributed by atoms with Crippen molar-refractivity contribution >= 4 is 23.0 Å². The maximum Gasteiger partial charge on any atom is 0.267 e. The number of rotatable bonds is 5. The van der Waals surface area contributed by atoms with E-state index in [2.05, 4.69) is 20.2 Å². The minimum Gasteiger partial charge on any atom is -0.350 e. The predicted octanol–water partition coefficient (Wildman–Crippen LogP) is 1.96. The molecule has 152 valence electrons. The van der Waals surface area contributed by atoms with E-state index in [4.69, 9.17) is 4.98 Å². The number of imidazole rings is 1. The molecule has 1 aliphatic heterocycles. The van der Waals surface area contributed by atoms with Crippen LogP contribution in [-0.4, -0.2) is 44.0 Å². The van der Waals surface area contributed by atoms with Gasteiger partial charge >= 0.3 is 0 Å². The zero-order valence-electron chi connectivity index (χ0n) is 16.9. The highest BCUT2D eigenvalue weighted by Crippen LogP contribution is 2.23. The second-order valence-electron chi connectivity index (χ2n) is 7.49. The third-order valence-corrected chi connectivity index (χ3v) is 5.31. The number of fused-ring (bicyclic) bond motifs is 3. The van der Waals surface area contributed by atoms with Crippen molar-refractivity contribution in [1.29, 1.82) is 0 Å². The smallest absolute Gasteiger partial charge is 0.267 e. The Balaban J connectivity index is 1.44. The summed E-state index contributed by atoms with van der Waals surface area (Å²) in [5.74, 6) is 0.660. The molecule has 0 unspecified atom stereocenters. The molecule has 3 aromatic heterocycles. The van der Waals surface area contributed by atoms with Crippen molar-refractivity contribution in [1.82, 2.24) is 29.7 Å². The van der Waals surface area contributed by atoms with Crippen LogP contribution in [0.3, 0.4) is 0 Å². The maximum absolute atomic E-state index is 12.8. The lowest BCUT2D eigenvalue weighted by Crippen LogP contribution is -2.35. The Hall–Kier alpha value is -3.16. The third-order valence-electron chi connectivity index (χ3n) is 5.31. The minimum absolute atomic E-state index is 0.160. The van der Waals surface area contributed by atoms with E-state index in [1.807, 2.05) is 26.2 Å². The van der Waals surface area contributed by atoms with Gasteiger partial charge in [-0.3, -0.25) is 9.59 Å². The van der Waals surface area contributed by atoms with Crippen molar-refractivity contribution in [2.24, 2.45) is 7.05 Å². The van der Waals surface area contributed by atoms with Gasteiger partial charge in [0, 0.05) is 45.0 Å². The van der Waals surface area contributed by atoms with Gasteiger partial charge in [-0.25, -0.2) is 9.97 Å². The fourth-order valence-electron chi connectivity index (χ4n) is 3.82. The van der Waals surface area contributed by atoms with E-state index in [0.717, 1.165) is 43.0 Å². The number of nitrogens with zero attached hydrogens (tertiary/aromatic N) is 4. The lowest BCUT2D eigenvalue weighted by Gasteiger charge is -2.09. The highest BCUT2D eigenvalue weighted by Gasteiger charge is 2.20. The Morgan fingerprint density at radius 3 is 2.66 bits per heavy atom. The van der Waals surface area contributed by atoms with Gasteiger partial charge in [0.25, 0.3) is 11.8 Å². The molecule has 1 aliphatic rings. The Kier molecular flexibility index (Phi) is 5.33. The monoisotopic (exact) mass is 394 g/mol. The number of amides is 2. The standard InChI is InChI=1S/C21H26N6O2/c1-14-13-15(18-19(24-14)27-12-5-3-4-8-17(27)25-18)20(28)22-9-10-23-21(29)16-7-6-11-26(16)2/h6-7,11,13H,3-5,8-10,12H2,1-2H3,(H,22,28)(H,23,29). The number of aryl methyl sites for hydroxylation is 4. The van der Waals surface area contributed by atoms with E-state index in [-0.39, 0.29) is 11.8 Å². The molecule has 0 radical (unpaired) electrons. The summed E-state index contributed by atoms with van der Waals surface area (Å²) in [6, 6.07) is 5.36. The summed E-state index contributed by atoms with van der Waals surface area (Å²) in [5, 5.41) is 5.71. The van der Waals surface area contributed by atoms with Crippen LogP contribution in [0.25, 0.3) is 11.2 Å². The van der Waals surface area contributed by atoms with Gasteiger partial charge in [0.15, 0.2) is 5.65 Å². The van der Waals surface area contributed by atoms with Crippen molar-refractivity contribution in [3.05, 3.63) is 47.2 Å². The first-order valence-corrected chi connectivity index (χ1v) is 10.1. The molecule has 2 amide bonds. The largest absolute Gasteiger partial charge is 0.350 e. The molecule has 0 fully saturated rings. The summed E-state index contributed by atoms with van der Waals surface area (Å²) >= 11 is 0. The number of nitrogens with one attached hydrogen (secondary N) is 2. The molecule has 2 N–H and O–H groups in total. The van der Waals surface area contributed by atoms with Gasteiger partial charge < -0.3 is 19.8 Å². The molecule has 0 aliphatic carbocycles. The predicted molar refractivity (Wildman–Crippen MR) is 110 cm³/mol. The zero-order chi connectivity index (χ0) is 20.4. The quantitative estimate of drug-likeness (QED) is 0.647. The number of carbonyl (C=O) groups is 2. The Labute approximate surface area is 169 Å². The van der Waals surface area contributed by atoms with Gasteiger partial charge in [-0.15, -0.1) is 0 Å². The van der Waals surface area contributed by atoms with Gasteiger partial charge in [-0.1, -0.05) is 6.42 Å². The summed E-state index contributed by atoms with van der Waals surface area (Å²) in [6.07, 6.45) is 6.15. The molecule has 29 heavy (non-hydrogen) atoms. The van der Waals surface area contributed by atoms with Crippen LogP contribution in [0, 0.1) is 6.92 Å². The average molecular weight is 394 g/mol. The summed E-state index contributed by atoms with van der Waals surface area (Å²) in [4.78, 5) is 34.3. The second kappa shape index (κ2) is 8.06. The van der Waals surface area contributed by atoms with Crippen LogP contribution < -0.4 is 10.6 Å². The van der Waals surface area contributed by atoms with Crippen molar-refractivity contribution < 1.29 is 9.59 Å². The summed E-state index contributed by atoms with van der Waals surface area (Å²) in [6.45, 7) is 3.48.